The molecule has 1 unspecified atom stereocenters. The lowest BCUT2D eigenvalue weighted by Crippen LogP contribution is -2.48. The van der Waals surface area contributed by atoms with E-state index in [2.05, 4.69) is 0 Å². The molecule has 1 atom stereocenters. The van der Waals surface area contributed by atoms with Crippen LogP contribution < -0.4 is 5.73 Å². The molecule has 0 saturated heterocycles. The van der Waals surface area contributed by atoms with E-state index in [0.29, 0.717) is 10.9 Å². The fourth-order valence-electron chi connectivity index (χ4n) is 5.53. The van der Waals surface area contributed by atoms with Crippen LogP contribution in [0.5, 0.6) is 0 Å². The van der Waals surface area contributed by atoms with Gasteiger partial charge in [-0.25, -0.2) is 4.39 Å². The molecule has 1 nitrogen and oxygen atoms in total. The van der Waals surface area contributed by atoms with Crippen molar-refractivity contribution in [1.82, 2.24) is 0 Å². The summed E-state index contributed by atoms with van der Waals surface area (Å²) >= 11 is 6.26. The molecule has 5 rings (SSSR count). The Bertz CT molecular complexity index is 502. The summed E-state index contributed by atoms with van der Waals surface area (Å²) in [6, 6.07) is 4.49. The Hall–Kier alpha value is -0.600. The third-order valence-corrected chi connectivity index (χ3v) is 6.38. The topological polar surface area (TPSA) is 26.0 Å². The standard InChI is InChI=1S/C17H21ClFN/c18-15-2-1-13(19)8-14(15)17(20)16-11-4-9-3-10(6-11)7-12(16)5-9/h1-2,8-12,16-17H,3-7,20H2. The number of rotatable bonds is 2. The third kappa shape index (κ3) is 2.00. The summed E-state index contributed by atoms with van der Waals surface area (Å²) in [5.41, 5.74) is 7.35. The highest BCUT2D eigenvalue weighted by Gasteiger charge is 2.50. The fraction of sp³-hybridized carbons (Fsp3) is 0.647. The van der Waals surface area contributed by atoms with Crippen LogP contribution in [0.2, 0.25) is 5.02 Å². The lowest BCUT2D eigenvalue weighted by molar-refractivity contribution is -0.0471. The number of hydrogen-bond acceptors (Lipinski definition) is 1. The Morgan fingerprint density at radius 3 is 2.25 bits per heavy atom. The quantitative estimate of drug-likeness (QED) is 0.850. The molecule has 1 aromatic carbocycles. The highest BCUT2D eigenvalue weighted by molar-refractivity contribution is 6.31. The summed E-state index contributed by atoms with van der Waals surface area (Å²) < 4.78 is 13.5. The lowest BCUT2D eigenvalue weighted by Gasteiger charge is -2.56. The Kier molecular flexibility index (Phi) is 3.08. The average molecular weight is 294 g/mol. The zero-order chi connectivity index (χ0) is 13.9. The van der Waals surface area contributed by atoms with Crippen molar-refractivity contribution < 1.29 is 4.39 Å². The second-order valence-corrected chi connectivity index (χ2v) is 7.61. The molecule has 4 aliphatic carbocycles. The Labute approximate surface area is 124 Å². The van der Waals surface area contributed by atoms with Gasteiger partial charge in [0.25, 0.3) is 0 Å². The van der Waals surface area contributed by atoms with Crippen LogP contribution in [-0.4, -0.2) is 0 Å². The van der Waals surface area contributed by atoms with E-state index < -0.39 is 0 Å². The van der Waals surface area contributed by atoms with Crippen molar-refractivity contribution in [2.45, 2.75) is 38.1 Å². The van der Waals surface area contributed by atoms with Crippen molar-refractivity contribution in [3.8, 4) is 0 Å². The molecule has 0 aliphatic heterocycles. The molecule has 4 aliphatic rings. The van der Waals surface area contributed by atoms with E-state index in [-0.39, 0.29) is 11.9 Å². The van der Waals surface area contributed by atoms with E-state index in [1.165, 1.54) is 44.2 Å². The molecule has 0 radical (unpaired) electrons. The van der Waals surface area contributed by atoms with Gasteiger partial charge in [0.05, 0.1) is 0 Å². The normalized spacial score (nSPS) is 40.0. The molecule has 4 saturated carbocycles. The molecular weight excluding hydrogens is 273 g/mol. The summed E-state index contributed by atoms with van der Waals surface area (Å²) in [6.07, 6.45) is 6.77. The molecule has 20 heavy (non-hydrogen) atoms. The predicted molar refractivity (Wildman–Crippen MR) is 78.9 cm³/mol. The average Bonchev–Trinajstić information content (AvgIpc) is 2.40. The molecule has 0 spiro atoms. The summed E-state index contributed by atoms with van der Waals surface area (Å²) in [5.74, 6) is 3.61. The van der Waals surface area contributed by atoms with E-state index in [4.69, 9.17) is 17.3 Å². The SMILES string of the molecule is NC(c1cc(F)ccc1Cl)C1C2CC3CC(C2)CC1C3. The molecule has 1 aromatic rings. The van der Waals surface area contributed by atoms with Crippen molar-refractivity contribution in [2.75, 3.05) is 0 Å². The molecular formula is C17H21ClFN. The van der Waals surface area contributed by atoms with E-state index >= 15 is 0 Å². The van der Waals surface area contributed by atoms with E-state index in [1.54, 1.807) is 6.07 Å². The van der Waals surface area contributed by atoms with Crippen LogP contribution in [0.3, 0.4) is 0 Å². The van der Waals surface area contributed by atoms with Crippen molar-refractivity contribution in [3.05, 3.63) is 34.6 Å². The summed E-state index contributed by atoms with van der Waals surface area (Å²) in [6.45, 7) is 0. The summed E-state index contributed by atoms with van der Waals surface area (Å²) in [4.78, 5) is 0. The zero-order valence-electron chi connectivity index (χ0n) is 11.6. The fourth-order valence-corrected chi connectivity index (χ4v) is 5.77. The van der Waals surface area contributed by atoms with Crippen LogP contribution in [-0.2, 0) is 0 Å². The van der Waals surface area contributed by atoms with Gasteiger partial charge in [-0.1, -0.05) is 11.6 Å². The van der Waals surface area contributed by atoms with Crippen molar-refractivity contribution in [1.29, 1.82) is 0 Å². The molecule has 0 aromatic heterocycles. The molecule has 2 N–H and O–H groups in total. The molecule has 4 fully saturated rings. The maximum Gasteiger partial charge on any atom is 0.123 e. The van der Waals surface area contributed by atoms with Crippen LogP contribution in [0.1, 0.15) is 43.7 Å². The molecule has 3 heteroatoms. The Morgan fingerprint density at radius 2 is 1.65 bits per heavy atom. The van der Waals surface area contributed by atoms with Crippen molar-refractivity contribution in [3.63, 3.8) is 0 Å². The van der Waals surface area contributed by atoms with Crippen molar-refractivity contribution in [2.24, 2.45) is 35.3 Å². The Balaban J connectivity index is 1.65. The van der Waals surface area contributed by atoms with E-state index in [1.807, 2.05) is 0 Å². The predicted octanol–water partition coefficient (Wildman–Crippen LogP) is 4.55. The van der Waals surface area contributed by atoms with Gasteiger partial charge >= 0.3 is 0 Å². The second kappa shape index (κ2) is 4.71. The lowest BCUT2D eigenvalue weighted by atomic mass is 9.50. The Morgan fingerprint density at radius 1 is 1.05 bits per heavy atom. The first-order valence-corrected chi connectivity index (χ1v) is 8.20. The maximum absolute atomic E-state index is 13.5. The third-order valence-electron chi connectivity index (χ3n) is 6.03. The van der Waals surface area contributed by atoms with Gasteiger partial charge in [0.1, 0.15) is 5.82 Å². The van der Waals surface area contributed by atoms with Crippen molar-refractivity contribution >= 4 is 11.6 Å². The van der Waals surface area contributed by atoms with E-state index in [9.17, 15) is 4.39 Å². The first-order valence-electron chi connectivity index (χ1n) is 7.82. The first-order chi connectivity index (χ1) is 9.61. The summed E-state index contributed by atoms with van der Waals surface area (Å²) in [5, 5.41) is 0.618. The highest BCUT2D eigenvalue weighted by Crippen LogP contribution is 2.59. The van der Waals surface area contributed by atoms with Crippen LogP contribution in [0, 0.1) is 35.4 Å². The van der Waals surface area contributed by atoms with Crippen LogP contribution in [0.25, 0.3) is 0 Å². The van der Waals surface area contributed by atoms with Gasteiger partial charge in [-0.2, -0.15) is 0 Å². The second-order valence-electron chi connectivity index (χ2n) is 7.20. The maximum atomic E-state index is 13.5. The summed E-state index contributed by atoms with van der Waals surface area (Å²) in [7, 11) is 0. The van der Waals surface area contributed by atoms with Gasteiger partial charge in [0.15, 0.2) is 0 Å². The monoisotopic (exact) mass is 293 g/mol. The molecule has 0 amide bonds. The minimum absolute atomic E-state index is 0.104. The number of hydrogen-bond donors (Lipinski definition) is 1. The first kappa shape index (κ1) is 13.1. The molecule has 0 heterocycles. The van der Waals surface area contributed by atoms with Gasteiger partial charge < -0.3 is 5.73 Å². The molecule has 4 bridgehead atoms. The van der Waals surface area contributed by atoms with Gasteiger partial charge in [0.2, 0.25) is 0 Å². The van der Waals surface area contributed by atoms with Crippen LogP contribution in [0.15, 0.2) is 18.2 Å². The van der Waals surface area contributed by atoms with Crippen LogP contribution >= 0.6 is 11.6 Å². The van der Waals surface area contributed by atoms with Crippen LogP contribution in [0.4, 0.5) is 4.39 Å². The van der Waals surface area contributed by atoms with E-state index in [0.717, 1.165) is 29.2 Å². The minimum atomic E-state index is -0.233. The largest absolute Gasteiger partial charge is 0.324 e. The van der Waals surface area contributed by atoms with Gasteiger partial charge in [0, 0.05) is 11.1 Å². The van der Waals surface area contributed by atoms with Gasteiger partial charge in [-0.15, -0.1) is 0 Å². The number of halogens is 2. The van der Waals surface area contributed by atoms with Gasteiger partial charge in [-0.3, -0.25) is 0 Å². The highest BCUT2D eigenvalue weighted by atomic mass is 35.5. The number of nitrogens with two attached hydrogens (primary N) is 1. The number of benzene rings is 1. The smallest absolute Gasteiger partial charge is 0.123 e. The molecule has 108 valence electrons. The minimum Gasteiger partial charge on any atom is -0.324 e. The zero-order valence-corrected chi connectivity index (χ0v) is 12.3. The van der Waals surface area contributed by atoms with Gasteiger partial charge in [-0.05, 0) is 85.5 Å².